The highest BCUT2D eigenvalue weighted by Gasteiger charge is 2.35. The number of hydrogen-bond donors (Lipinski definition) is 0. The second kappa shape index (κ2) is 9.22. The number of methoxy groups -OCH3 is 2. The highest BCUT2D eigenvalue weighted by molar-refractivity contribution is 6.04. The van der Waals surface area contributed by atoms with Gasteiger partial charge in [0.05, 0.1) is 53.9 Å². The van der Waals surface area contributed by atoms with Crippen LogP contribution in [0.15, 0.2) is 72.2 Å². The summed E-state index contributed by atoms with van der Waals surface area (Å²) in [5.41, 5.74) is 1.09. The Bertz CT molecular complexity index is 1960. The number of halogens is 3. The largest absolute Gasteiger partial charge is 0.481 e. The van der Waals surface area contributed by atoms with Crippen molar-refractivity contribution in [3.63, 3.8) is 0 Å². The van der Waals surface area contributed by atoms with Crippen molar-refractivity contribution < 1.29 is 22.6 Å². The first-order valence-corrected chi connectivity index (χ1v) is 11.9. The Hall–Kier alpha value is -5.20. The SMILES string of the molecule is COc1ccc(-c2ccc3ncc4c(c3c2)n(-c2ccc(-n3cncn3)c(C(F)(F)F)c2)c(=O)n4C)c(OC)n1. The predicted octanol–water partition coefficient (Wildman–Crippen LogP) is 4.56. The fraction of sp³-hybridized carbons (Fsp3) is 0.148. The lowest BCUT2D eigenvalue weighted by Crippen LogP contribution is -2.21. The van der Waals surface area contributed by atoms with E-state index in [2.05, 4.69) is 20.1 Å². The molecule has 0 aliphatic heterocycles. The third-order valence-electron chi connectivity index (χ3n) is 6.64. The number of rotatable bonds is 5. The summed E-state index contributed by atoms with van der Waals surface area (Å²) in [6.45, 7) is 0. The van der Waals surface area contributed by atoms with E-state index in [0.717, 1.165) is 17.1 Å². The summed E-state index contributed by atoms with van der Waals surface area (Å²) >= 11 is 0. The third-order valence-corrected chi connectivity index (χ3v) is 6.64. The number of benzene rings is 2. The normalized spacial score (nSPS) is 11.8. The van der Waals surface area contributed by atoms with Gasteiger partial charge in [-0.05, 0) is 42.0 Å². The molecule has 13 heteroatoms. The molecule has 10 nitrogen and oxygen atoms in total. The van der Waals surface area contributed by atoms with Crippen molar-refractivity contribution in [1.29, 1.82) is 0 Å². The molecule has 0 spiro atoms. The molecule has 40 heavy (non-hydrogen) atoms. The number of hydrogen-bond acceptors (Lipinski definition) is 7. The molecule has 0 unspecified atom stereocenters. The van der Waals surface area contributed by atoms with Gasteiger partial charge >= 0.3 is 11.9 Å². The number of fused-ring (bicyclic) bond motifs is 3. The number of aryl methyl sites for hydroxylation is 1. The van der Waals surface area contributed by atoms with Gasteiger partial charge in [0.25, 0.3) is 0 Å². The topological polar surface area (TPSA) is 102 Å². The van der Waals surface area contributed by atoms with Crippen LogP contribution in [0.3, 0.4) is 0 Å². The van der Waals surface area contributed by atoms with Crippen LogP contribution in [0.25, 0.3) is 44.4 Å². The van der Waals surface area contributed by atoms with Gasteiger partial charge in [-0.15, -0.1) is 0 Å². The second-order valence-corrected chi connectivity index (χ2v) is 8.85. The van der Waals surface area contributed by atoms with E-state index in [0.29, 0.717) is 44.8 Å². The Morgan fingerprint density at radius 3 is 2.50 bits per heavy atom. The Kier molecular flexibility index (Phi) is 5.79. The van der Waals surface area contributed by atoms with Crippen LogP contribution in [0.1, 0.15) is 5.56 Å². The van der Waals surface area contributed by atoms with Crippen molar-refractivity contribution in [2.45, 2.75) is 6.18 Å². The van der Waals surface area contributed by atoms with Gasteiger partial charge in [0.15, 0.2) is 0 Å². The molecule has 4 heterocycles. The van der Waals surface area contributed by atoms with Crippen LogP contribution in [0.5, 0.6) is 11.8 Å². The molecular formula is C27H20F3N7O3. The van der Waals surface area contributed by atoms with E-state index >= 15 is 0 Å². The first-order valence-electron chi connectivity index (χ1n) is 11.9. The Labute approximate surface area is 223 Å². The fourth-order valence-electron chi connectivity index (χ4n) is 4.74. The van der Waals surface area contributed by atoms with Crippen molar-refractivity contribution >= 4 is 21.9 Å². The van der Waals surface area contributed by atoms with Crippen molar-refractivity contribution in [2.75, 3.05) is 14.2 Å². The Morgan fingerprint density at radius 2 is 1.80 bits per heavy atom. The molecule has 6 rings (SSSR count). The summed E-state index contributed by atoms with van der Waals surface area (Å²) in [6, 6.07) is 12.5. The molecule has 0 bridgehead atoms. The maximum Gasteiger partial charge on any atom is 0.418 e. The molecule has 0 fully saturated rings. The van der Waals surface area contributed by atoms with E-state index in [1.165, 1.54) is 48.0 Å². The smallest absolute Gasteiger partial charge is 0.418 e. The lowest BCUT2D eigenvalue weighted by Gasteiger charge is -2.15. The second-order valence-electron chi connectivity index (χ2n) is 8.85. The van der Waals surface area contributed by atoms with Crippen molar-refractivity contribution in [2.24, 2.45) is 7.05 Å². The van der Waals surface area contributed by atoms with E-state index in [9.17, 15) is 18.0 Å². The number of nitrogens with zero attached hydrogens (tertiary/aromatic N) is 7. The molecule has 0 N–H and O–H groups in total. The summed E-state index contributed by atoms with van der Waals surface area (Å²) in [5.74, 6) is 0.694. The van der Waals surface area contributed by atoms with Crippen LogP contribution < -0.4 is 15.2 Å². The number of aromatic nitrogens is 7. The molecule has 2 aromatic carbocycles. The number of ether oxygens (including phenoxy) is 2. The maximum absolute atomic E-state index is 14.2. The van der Waals surface area contributed by atoms with Gasteiger partial charge in [-0.1, -0.05) is 6.07 Å². The highest BCUT2D eigenvalue weighted by Crippen LogP contribution is 2.37. The lowest BCUT2D eigenvalue weighted by atomic mass is 10.0. The van der Waals surface area contributed by atoms with Crippen LogP contribution in [-0.4, -0.2) is 48.1 Å². The quantitative estimate of drug-likeness (QED) is 0.312. The molecule has 0 aliphatic carbocycles. The van der Waals surface area contributed by atoms with Gasteiger partial charge in [0.1, 0.15) is 12.7 Å². The van der Waals surface area contributed by atoms with Crippen LogP contribution in [0, 0.1) is 0 Å². The van der Waals surface area contributed by atoms with Gasteiger partial charge in [-0.2, -0.15) is 23.3 Å². The fourth-order valence-corrected chi connectivity index (χ4v) is 4.74. The van der Waals surface area contributed by atoms with E-state index in [-0.39, 0.29) is 11.4 Å². The monoisotopic (exact) mass is 547 g/mol. The van der Waals surface area contributed by atoms with E-state index in [1.54, 1.807) is 31.3 Å². The number of alkyl halides is 3. The summed E-state index contributed by atoms with van der Waals surface area (Å²) in [7, 11) is 4.53. The average Bonchev–Trinajstić information content (AvgIpc) is 3.59. The van der Waals surface area contributed by atoms with E-state index in [4.69, 9.17) is 9.47 Å². The minimum atomic E-state index is -4.72. The number of pyridine rings is 2. The zero-order valence-corrected chi connectivity index (χ0v) is 21.3. The zero-order chi connectivity index (χ0) is 28.2. The Balaban J connectivity index is 1.63. The Morgan fingerprint density at radius 1 is 0.975 bits per heavy atom. The third kappa shape index (κ3) is 3.94. The van der Waals surface area contributed by atoms with Crippen LogP contribution in [-0.2, 0) is 13.2 Å². The molecule has 0 atom stereocenters. The molecular weight excluding hydrogens is 527 g/mol. The van der Waals surface area contributed by atoms with Gasteiger partial charge < -0.3 is 9.47 Å². The first kappa shape index (κ1) is 25.1. The minimum Gasteiger partial charge on any atom is -0.481 e. The number of imidazole rings is 1. The van der Waals surface area contributed by atoms with Gasteiger partial charge in [0, 0.05) is 24.1 Å². The average molecular weight is 547 g/mol. The van der Waals surface area contributed by atoms with Crippen molar-refractivity contribution in [3.05, 3.63) is 83.4 Å². The van der Waals surface area contributed by atoms with Crippen LogP contribution in [0.2, 0.25) is 0 Å². The molecule has 202 valence electrons. The summed E-state index contributed by atoms with van der Waals surface area (Å²) in [6.07, 6.45) is -0.871. The summed E-state index contributed by atoms with van der Waals surface area (Å²) in [4.78, 5) is 26.1. The summed E-state index contributed by atoms with van der Waals surface area (Å²) in [5, 5.41) is 4.40. The van der Waals surface area contributed by atoms with Crippen molar-refractivity contribution in [3.8, 4) is 34.3 Å². The van der Waals surface area contributed by atoms with Gasteiger partial charge in [-0.3, -0.25) is 14.1 Å². The van der Waals surface area contributed by atoms with Gasteiger partial charge in [-0.25, -0.2) is 14.5 Å². The summed E-state index contributed by atoms with van der Waals surface area (Å²) < 4.78 is 56.8. The molecule has 0 saturated carbocycles. The molecule has 0 radical (unpaired) electrons. The highest BCUT2D eigenvalue weighted by atomic mass is 19.4. The predicted molar refractivity (Wildman–Crippen MR) is 140 cm³/mol. The molecule has 0 aliphatic rings. The minimum absolute atomic E-state index is 0.0355. The zero-order valence-electron chi connectivity index (χ0n) is 21.3. The first-order chi connectivity index (χ1) is 19.2. The van der Waals surface area contributed by atoms with Crippen LogP contribution in [0.4, 0.5) is 13.2 Å². The van der Waals surface area contributed by atoms with Crippen molar-refractivity contribution in [1.82, 2.24) is 33.9 Å². The van der Waals surface area contributed by atoms with E-state index in [1.807, 2.05) is 6.07 Å². The van der Waals surface area contributed by atoms with E-state index < -0.39 is 17.4 Å². The lowest BCUT2D eigenvalue weighted by molar-refractivity contribution is -0.137. The van der Waals surface area contributed by atoms with Gasteiger partial charge in [0.2, 0.25) is 11.8 Å². The maximum atomic E-state index is 14.2. The molecule has 0 amide bonds. The van der Waals surface area contributed by atoms with Crippen LogP contribution >= 0.6 is 0 Å². The molecule has 0 saturated heterocycles. The standard InChI is InChI=1S/C27H20F3N7O3/c1-35-22-12-32-20-7-4-15(17-6-9-23(39-2)34-25(17)40-3)10-18(20)24(22)37(26(35)38)16-5-8-21(36-14-31-13-33-36)19(11-16)27(28,29)30/h4-14H,1-3H3. The molecule has 6 aromatic rings. The molecule has 4 aromatic heterocycles.